The number of aliphatic hydroxyl groups excluding tert-OH is 1. The van der Waals surface area contributed by atoms with Gasteiger partial charge in [-0.3, -0.25) is 0 Å². The third-order valence-corrected chi connectivity index (χ3v) is 1.44. The van der Waals surface area contributed by atoms with E-state index in [9.17, 15) is 0 Å². The third kappa shape index (κ3) is 1.08. The fourth-order valence-electron chi connectivity index (χ4n) is 0.942. The van der Waals surface area contributed by atoms with Crippen LogP contribution in [0.2, 0.25) is 0 Å². The van der Waals surface area contributed by atoms with Gasteiger partial charge in [0, 0.05) is 18.6 Å². The topological polar surface area (TPSA) is 46.2 Å². The summed E-state index contributed by atoms with van der Waals surface area (Å²) in [5, 5.41) is 8.58. The summed E-state index contributed by atoms with van der Waals surface area (Å²) in [6.45, 7) is 0.240. The van der Waals surface area contributed by atoms with Gasteiger partial charge in [0.15, 0.2) is 0 Å². The Labute approximate surface area is 49.0 Å². The lowest BCUT2D eigenvalue weighted by Gasteiger charge is -2.02. The van der Waals surface area contributed by atoms with Crippen LogP contribution in [-0.4, -0.2) is 17.8 Å². The quantitative estimate of drug-likeness (QED) is 0.466. The second-order valence-electron chi connectivity index (χ2n) is 2.23. The standard InChI is InChI=1S/C6H11NO/c7-6-2-1-5(3-6)4-8/h1-2,5-6,8H,3-4,7H2/t5?,6-/m1/s1. The van der Waals surface area contributed by atoms with Gasteiger partial charge in [0.25, 0.3) is 0 Å². The van der Waals surface area contributed by atoms with E-state index in [1.54, 1.807) is 0 Å². The molecule has 0 radical (unpaired) electrons. The van der Waals surface area contributed by atoms with E-state index in [1.807, 2.05) is 12.2 Å². The summed E-state index contributed by atoms with van der Waals surface area (Å²) < 4.78 is 0. The van der Waals surface area contributed by atoms with Crippen molar-refractivity contribution in [1.29, 1.82) is 0 Å². The Balaban J connectivity index is 2.34. The Morgan fingerprint density at radius 1 is 1.62 bits per heavy atom. The second-order valence-corrected chi connectivity index (χ2v) is 2.23. The van der Waals surface area contributed by atoms with Gasteiger partial charge in [-0.25, -0.2) is 0 Å². The van der Waals surface area contributed by atoms with Crippen LogP contribution in [0.15, 0.2) is 12.2 Å². The van der Waals surface area contributed by atoms with Gasteiger partial charge in [-0.2, -0.15) is 0 Å². The van der Waals surface area contributed by atoms with Crippen molar-refractivity contribution in [3.05, 3.63) is 12.2 Å². The van der Waals surface area contributed by atoms with E-state index in [1.165, 1.54) is 0 Å². The first-order valence-corrected chi connectivity index (χ1v) is 2.87. The monoisotopic (exact) mass is 113 g/mol. The molecule has 0 saturated heterocycles. The minimum Gasteiger partial charge on any atom is -0.396 e. The molecule has 1 unspecified atom stereocenters. The van der Waals surface area contributed by atoms with Crippen LogP contribution >= 0.6 is 0 Å². The van der Waals surface area contributed by atoms with E-state index in [0.717, 1.165) is 6.42 Å². The molecule has 2 atom stereocenters. The highest BCUT2D eigenvalue weighted by molar-refractivity contribution is 5.04. The van der Waals surface area contributed by atoms with Crippen molar-refractivity contribution in [1.82, 2.24) is 0 Å². The van der Waals surface area contributed by atoms with Crippen LogP contribution in [-0.2, 0) is 0 Å². The Morgan fingerprint density at radius 3 is 2.62 bits per heavy atom. The van der Waals surface area contributed by atoms with Gasteiger partial charge in [0.05, 0.1) is 0 Å². The summed E-state index contributed by atoms with van der Waals surface area (Å²) >= 11 is 0. The summed E-state index contributed by atoms with van der Waals surface area (Å²) in [4.78, 5) is 0. The van der Waals surface area contributed by atoms with E-state index in [2.05, 4.69) is 0 Å². The molecule has 0 aromatic carbocycles. The van der Waals surface area contributed by atoms with Crippen LogP contribution in [0.1, 0.15) is 6.42 Å². The smallest absolute Gasteiger partial charge is 0.0494 e. The molecule has 0 aliphatic heterocycles. The van der Waals surface area contributed by atoms with E-state index >= 15 is 0 Å². The second kappa shape index (κ2) is 2.29. The van der Waals surface area contributed by atoms with Crippen molar-refractivity contribution in [3.63, 3.8) is 0 Å². The fraction of sp³-hybridized carbons (Fsp3) is 0.667. The van der Waals surface area contributed by atoms with Crippen LogP contribution in [0.5, 0.6) is 0 Å². The lowest BCUT2D eigenvalue weighted by Crippen LogP contribution is -2.15. The molecule has 0 fully saturated rings. The Morgan fingerprint density at radius 2 is 2.38 bits per heavy atom. The number of rotatable bonds is 1. The number of aliphatic hydroxyl groups is 1. The zero-order valence-corrected chi connectivity index (χ0v) is 4.75. The summed E-state index contributed by atoms with van der Waals surface area (Å²) in [7, 11) is 0. The first-order chi connectivity index (χ1) is 3.83. The van der Waals surface area contributed by atoms with Gasteiger partial charge >= 0.3 is 0 Å². The first-order valence-electron chi connectivity index (χ1n) is 2.87. The van der Waals surface area contributed by atoms with Gasteiger partial charge in [-0.05, 0) is 6.42 Å². The molecular weight excluding hydrogens is 102 g/mol. The Hall–Kier alpha value is -0.340. The van der Waals surface area contributed by atoms with E-state index in [4.69, 9.17) is 10.8 Å². The zero-order chi connectivity index (χ0) is 5.98. The third-order valence-electron chi connectivity index (χ3n) is 1.44. The molecule has 0 amide bonds. The van der Waals surface area contributed by atoms with Gasteiger partial charge in [-0.1, -0.05) is 12.2 Å². The highest BCUT2D eigenvalue weighted by Crippen LogP contribution is 2.14. The number of hydrogen-bond acceptors (Lipinski definition) is 2. The lowest BCUT2D eigenvalue weighted by atomic mass is 10.1. The largest absolute Gasteiger partial charge is 0.396 e. The van der Waals surface area contributed by atoms with Crippen LogP contribution in [0.3, 0.4) is 0 Å². The summed E-state index contributed by atoms with van der Waals surface area (Å²) in [5.74, 6) is 0.324. The Kier molecular flexibility index (Phi) is 1.65. The van der Waals surface area contributed by atoms with Crippen LogP contribution in [0.25, 0.3) is 0 Å². The van der Waals surface area contributed by atoms with Gasteiger partial charge in [-0.15, -0.1) is 0 Å². The van der Waals surface area contributed by atoms with Gasteiger partial charge < -0.3 is 10.8 Å². The first kappa shape index (κ1) is 5.79. The molecule has 0 heterocycles. The average Bonchev–Trinajstić information content (AvgIpc) is 2.14. The summed E-state index contributed by atoms with van der Waals surface area (Å²) in [6.07, 6.45) is 4.84. The average molecular weight is 113 g/mol. The minimum atomic E-state index is 0.187. The highest BCUT2D eigenvalue weighted by Gasteiger charge is 2.13. The fourth-order valence-corrected chi connectivity index (χ4v) is 0.942. The maximum Gasteiger partial charge on any atom is 0.0494 e. The molecule has 0 aromatic rings. The minimum absolute atomic E-state index is 0.187. The van der Waals surface area contributed by atoms with Crippen molar-refractivity contribution in [2.45, 2.75) is 12.5 Å². The molecular formula is C6H11NO. The lowest BCUT2D eigenvalue weighted by molar-refractivity contribution is 0.249. The normalized spacial score (nSPS) is 36.2. The van der Waals surface area contributed by atoms with Crippen LogP contribution < -0.4 is 5.73 Å². The molecule has 8 heavy (non-hydrogen) atoms. The number of nitrogens with two attached hydrogens (primary N) is 1. The van der Waals surface area contributed by atoms with Gasteiger partial charge in [0.1, 0.15) is 0 Å². The Bertz CT molecular complexity index is 101. The molecule has 46 valence electrons. The van der Waals surface area contributed by atoms with Crippen molar-refractivity contribution >= 4 is 0 Å². The van der Waals surface area contributed by atoms with E-state index in [-0.39, 0.29) is 12.6 Å². The molecule has 3 N–H and O–H groups in total. The molecule has 1 aliphatic carbocycles. The number of hydrogen-bond donors (Lipinski definition) is 2. The highest BCUT2D eigenvalue weighted by atomic mass is 16.3. The van der Waals surface area contributed by atoms with Crippen LogP contribution in [0, 0.1) is 5.92 Å². The summed E-state index contributed by atoms with van der Waals surface area (Å²) in [6, 6.07) is 0.187. The maximum atomic E-state index is 8.58. The molecule has 0 bridgehead atoms. The van der Waals surface area contributed by atoms with Crippen molar-refractivity contribution < 1.29 is 5.11 Å². The summed E-state index contributed by atoms with van der Waals surface area (Å²) in [5.41, 5.74) is 5.50. The predicted octanol–water partition coefficient (Wildman–Crippen LogP) is -0.118. The van der Waals surface area contributed by atoms with Crippen molar-refractivity contribution in [2.75, 3.05) is 6.61 Å². The van der Waals surface area contributed by atoms with E-state index in [0.29, 0.717) is 5.92 Å². The zero-order valence-electron chi connectivity index (χ0n) is 4.75. The molecule has 2 nitrogen and oxygen atoms in total. The SMILES string of the molecule is N[C@@H]1C=CC(CO)C1. The molecule has 0 saturated carbocycles. The van der Waals surface area contributed by atoms with Crippen LogP contribution in [0.4, 0.5) is 0 Å². The molecule has 0 aromatic heterocycles. The van der Waals surface area contributed by atoms with Gasteiger partial charge in [0.2, 0.25) is 0 Å². The van der Waals surface area contributed by atoms with Crippen molar-refractivity contribution in [2.24, 2.45) is 11.7 Å². The molecule has 1 aliphatic rings. The maximum absolute atomic E-state index is 8.58. The molecule has 2 heteroatoms. The predicted molar refractivity (Wildman–Crippen MR) is 32.3 cm³/mol. The van der Waals surface area contributed by atoms with Crippen molar-refractivity contribution in [3.8, 4) is 0 Å². The molecule has 0 spiro atoms. The van der Waals surface area contributed by atoms with E-state index < -0.39 is 0 Å². The molecule has 1 rings (SSSR count).